The fourth-order valence-corrected chi connectivity index (χ4v) is 3.13. The molecule has 0 heterocycles. The molecule has 0 aliphatic heterocycles. The molecule has 0 saturated carbocycles. The highest BCUT2D eigenvalue weighted by molar-refractivity contribution is 8.00. The predicted molar refractivity (Wildman–Crippen MR) is 110 cm³/mol. The molecule has 26 heavy (non-hydrogen) atoms. The second-order valence-electron chi connectivity index (χ2n) is 5.45. The van der Waals surface area contributed by atoms with Crippen LogP contribution in [0.15, 0.2) is 52.5 Å². The first-order valence-corrected chi connectivity index (χ1v) is 9.68. The zero-order chi connectivity index (χ0) is 18.9. The van der Waals surface area contributed by atoms with Gasteiger partial charge in [-0.05, 0) is 50.2 Å². The van der Waals surface area contributed by atoms with Gasteiger partial charge in [0.25, 0.3) is 0 Å². The molecule has 2 aromatic rings. The first-order chi connectivity index (χ1) is 12.5. The van der Waals surface area contributed by atoms with Gasteiger partial charge in [0.05, 0.1) is 12.0 Å². The molecule has 5 nitrogen and oxygen atoms in total. The van der Waals surface area contributed by atoms with Crippen molar-refractivity contribution in [1.82, 2.24) is 5.43 Å². The van der Waals surface area contributed by atoms with Crippen molar-refractivity contribution >= 4 is 41.2 Å². The quantitative estimate of drug-likeness (QED) is 0.403. The zero-order valence-electron chi connectivity index (χ0n) is 14.8. The Bertz CT molecular complexity index is 762. The van der Waals surface area contributed by atoms with E-state index >= 15 is 0 Å². The van der Waals surface area contributed by atoms with Crippen molar-refractivity contribution in [2.45, 2.75) is 18.7 Å². The minimum Gasteiger partial charge on any atom is -0.507 e. The minimum absolute atomic E-state index is 0.128. The van der Waals surface area contributed by atoms with Crippen molar-refractivity contribution in [3.05, 3.63) is 53.1 Å². The van der Waals surface area contributed by atoms with Crippen molar-refractivity contribution in [1.29, 1.82) is 0 Å². The van der Waals surface area contributed by atoms with Crippen molar-refractivity contribution in [2.24, 2.45) is 5.10 Å². The summed E-state index contributed by atoms with van der Waals surface area (Å²) in [5, 5.41) is 14.7. The van der Waals surface area contributed by atoms with Gasteiger partial charge in [-0.3, -0.25) is 4.79 Å². The topological polar surface area (TPSA) is 64.9 Å². The molecule has 0 aromatic heterocycles. The number of hydrogen-bond acceptors (Lipinski definition) is 5. The Morgan fingerprint density at radius 3 is 2.54 bits per heavy atom. The van der Waals surface area contributed by atoms with E-state index in [0.29, 0.717) is 10.6 Å². The van der Waals surface area contributed by atoms with Gasteiger partial charge in [0.15, 0.2) is 0 Å². The lowest BCUT2D eigenvalue weighted by Crippen LogP contribution is -2.21. The first kappa shape index (κ1) is 20.1. The summed E-state index contributed by atoms with van der Waals surface area (Å²) in [7, 11) is 0. The van der Waals surface area contributed by atoms with Crippen LogP contribution in [0, 0.1) is 0 Å². The second-order valence-corrected chi connectivity index (χ2v) is 6.94. The van der Waals surface area contributed by atoms with Crippen molar-refractivity contribution in [3.63, 3.8) is 0 Å². The van der Waals surface area contributed by atoms with Crippen molar-refractivity contribution in [2.75, 3.05) is 23.7 Å². The standard InChI is InChI=1S/C19H22ClN3O2S/c1-3-23(4-2)16-8-5-14(18(24)11-16)12-21-22-19(25)13-26-17-9-6-15(20)7-10-17/h5-12,24H,3-4,13H2,1-2H3,(H,22,25). The molecule has 0 spiro atoms. The summed E-state index contributed by atoms with van der Waals surface area (Å²) in [4.78, 5) is 14.9. The molecule has 7 heteroatoms. The Balaban J connectivity index is 1.87. The van der Waals surface area contributed by atoms with Crippen LogP contribution >= 0.6 is 23.4 Å². The third-order valence-electron chi connectivity index (χ3n) is 3.72. The Labute approximate surface area is 163 Å². The van der Waals surface area contributed by atoms with Gasteiger partial charge in [-0.15, -0.1) is 11.8 Å². The monoisotopic (exact) mass is 391 g/mol. The van der Waals surface area contributed by atoms with E-state index in [2.05, 4.69) is 29.3 Å². The number of benzene rings is 2. The highest BCUT2D eigenvalue weighted by atomic mass is 35.5. The maximum Gasteiger partial charge on any atom is 0.250 e. The fraction of sp³-hybridized carbons (Fsp3) is 0.263. The van der Waals surface area contributed by atoms with Crippen LogP contribution in [0.4, 0.5) is 5.69 Å². The van der Waals surface area contributed by atoms with E-state index < -0.39 is 0 Å². The fourth-order valence-electron chi connectivity index (χ4n) is 2.31. The van der Waals surface area contributed by atoms with E-state index in [-0.39, 0.29) is 17.4 Å². The van der Waals surface area contributed by atoms with E-state index in [1.54, 1.807) is 24.3 Å². The number of carbonyl (C=O) groups excluding carboxylic acids is 1. The van der Waals surface area contributed by atoms with E-state index in [1.165, 1.54) is 18.0 Å². The molecule has 138 valence electrons. The highest BCUT2D eigenvalue weighted by Crippen LogP contribution is 2.23. The van der Waals surface area contributed by atoms with Gasteiger partial charge in [-0.2, -0.15) is 5.10 Å². The van der Waals surface area contributed by atoms with Gasteiger partial charge in [0.1, 0.15) is 5.75 Å². The average Bonchev–Trinajstić information content (AvgIpc) is 2.64. The normalized spacial score (nSPS) is 10.9. The van der Waals surface area contributed by atoms with Crippen LogP contribution in [0.2, 0.25) is 5.02 Å². The molecule has 0 unspecified atom stereocenters. The number of phenolic OH excluding ortho intramolecular Hbond substituents is 1. The second kappa shape index (κ2) is 10.1. The Kier molecular flexibility index (Phi) is 7.81. The summed E-state index contributed by atoms with van der Waals surface area (Å²) < 4.78 is 0. The molecule has 0 aliphatic rings. The van der Waals surface area contributed by atoms with Crippen LogP contribution in [-0.4, -0.2) is 36.1 Å². The number of hydrazone groups is 1. The summed E-state index contributed by atoms with van der Waals surface area (Å²) >= 11 is 7.22. The van der Waals surface area contributed by atoms with Crippen LogP contribution in [0.5, 0.6) is 5.75 Å². The molecule has 0 atom stereocenters. The van der Waals surface area contributed by atoms with Crippen LogP contribution in [-0.2, 0) is 4.79 Å². The SMILES string of the molecule is CCN(CC)c1ccc(C=NNC(=O)CSc2ccc(Cl)cc2)c(O)c1. The zero-order valence-corrected chi connectivity index (χ0v) is 16.3. The number of hydrogen-bond donors (Lipinski definition) is 2. The van der Waals surface area contributed by atoms with Crippen molar-refractivity contribution < 1.29 is 9.90 Å². The maximum absolute atomic E-state index is 11.8. The van der Waals surface area contributed by atoms with E-state index in [4.69, 9.17) is 11.6 Å². The smallest absolute Gasteiger partial charge is 0.250 e. The number of carbonyl (C=O) groups is 1. The number of anilines is 1. The van der Waals surface area contributed by atoms with Crippen molar-refractivity contribution in [3.8, 4) is 5.75 Å². The predicted octanol–water partition coefficient (Wildman–Crippen LogP) is 4.13. The van der Waals surface area contributed by atoms with Gasteiger partial charge in [0.2, 0.25) is 5.91 Å². The number of nitrogens with zero attached hydrogens (tertiary/aromatic N) is 2. The number of phenols is 1. The molecule has 0 radical (unpaired) electrons. The Morgan fingerprint density at radius 1 is 1.23 bits per heavy atom. The van der Waals surface area contributed by atoms with Gasteiger partial charge < -0.3 is 10.0 Å². The number of halogens is 1. The lowest BCUT2D eigenvalue weighted by molar-refractivity contribution is -0.118. The number of thioether (sulfide) groups is 1. The molecule has 0 saturated heterocycles. The number of amides is 1. The number of nitrogens with one attached hydrogen (secondary N) is 1. The molecule has 0 fully saturated rings. The van der Waals surface area contributed by atoms with Crippen LogP contribution in [0.1, 0.15) is 19.4 Å². The molecule has 2 rings (SSSR count). The highest BCUT2D eigenvalue weighted by Gasteiger charge is 2.06. The largest absolute Gasteiger partial charge is 0.507 e. The van der Waals surface area contributed by atoms with Gasteiger partial charge in [-0.1, -0.05) is 11.6 Å². The van der Waals surface area contributed by atoms with Gasteiger partial charge >= 0.3 is 0 Å². The van der Waals surface area contributed by atoms with Crippen LogP contribution in [0.3, 0.4) is 0 Å². The Morgan fingerprint density at radius 2 is 1.92 bits per heavy atom. The van der Waals surface area contributed by atoms with Crippen LogP contribution < -0.4 is 10.3 Å². The molecule has 2 aromatic carbocycles. The molecule has 2 N–H and O–H groups in total. The van der Waals surface area contributed by atoms with E-state index in [9.17, 15) is 9.90 Å². The lowest BCUT2D eigenvalue weighted by Gasteiger charge is -2.21. The van der Waals surface area contributed by atoms with Gasteiger partial charge in [0, 0.05) is 40.3 Å². The van der Waals surface area contributed by atoms with Crippen LogP contribution in [0.25, 0.3) is 0 Å². The third kappa shape index (κ3) is 5.97. The Hall–Kier alpha value is -2.18. The van der Waals surface area contributed by atoms with Gasteiger partial charge in [-0.25, -0.2) is 5.43 Å². The summed E-state index contributed by atoms with van der Waals surface area (Å²) in [6, 6.07) is 12.7. The summed E-state index contributed by atoms with van der Waals surface area (Å²) in [6.45, 7) is 5.86. The average molecular weight is 392 g/mol. The van der Waals surface area contributed by atoms with E-state index in [0.717, 1.165) is 23.7 Å². The summed E-state index contributed by atoms with van der Waals surface area (Å²) in [6.07, 6.45) is 1.44. The molecular formula is C19H22ClN3O2S. The molecular weight excluding hydrogens is 370 g/mol. The number of rotatable bonds is 8. The first-order valence-electron chi connectivity index (χ1n) is 8.31. The third-order valence-corrected chi connectivity index (χ3v) is 4.98. The molecule has 0 aliphatic carbocycles. The molecule has 1 amide bonds. The van der Waals surface area contributed by atoms with E-state index in [1.807, 2.05) is 18.2 Å². The maximum atomic E-state index is 11.8. The lowest BCUT2D eigenvalue weighted by atomic mass is 10.2. The minimum atomic E-state index is -0.222. The summed E-state index contributed by atoms with van der Waals surface area (Å²) in [5.74, 6) is 0.148. The summed E-state index contributed by atoms with van der Waals surface area (Å²) in [5.41, 5.74) is 3.96. The molecule has 0 bridgehead atoms. The number of aromatic hydroxyl groups is 1.